The van der Waals surface area contributed by atoms with Crippen LogP contribution in [0, 0.1) is 5.92 Å². The molecule has 0 aliphatic heterocycles. The van der Waals surface area contributed by atoms with Gasteiger partial charge in [0, 0.05) is 19.4 Å². The molecule has 0 radical (unpaired) electrons. The molecular weight excluding hydrogens is 168 g/mol. The quantitative estimate of drug-likeness (QED) is 0.656. The van der Waals surface area contributed by atoms with Crippen molar-refractivity contribution in [3.05, 3.63) is 0 Å². The first-order valence-corrected chi connectivity index (χ1v) is 4.63. The Morgan fingerprint density at radius 2 is 2.15 bits per heavy atom. The van der Waals surface area contributed by atoms with Gasteiger partial charge in [-0.05, 0) is 25.2 Å². The Bertz CT molecular complexity index is 194. The van der Waals surface area contributed by atoms with E-state index in [0.717, 1.165) is 19.3 Å². The fraction of sp³-hybridized carbons (Fsp3) is 0.778. The lowest BCUT2D eigenvalue weighted by Crippen LogP contribution is -2.30. The van der Waals surface area contributed by atoms with Crippen molar-refractivity contribution in [2.45, 2.75) is 38.6 Å². The van der Waals surface area contributed by atoms with E-state index in [-0.39, 0.29) is 17.9 Å². The number of carbonyl (C=O) groups excluding carboxylic acids is 2. The van der Waals surface area contributed by atoms with Gasteiger partial charge in [-0.3, -0.25) is 9.59 Å². The lowest BCUT2D eigenvalue weighted by molar-refractivity contribution is -0.119. The summed E-state index contributed by atoms with van der Waals surface area (Å²) in [7, 11) is 0. The predicted octanol–water partition coefficient (Wildman–Crippen LogP) is 0.167. The Morgan fingerprint density at radius 3 is 2.69 bits per heavy atom. The number of nitrogens with two attached hydrogens (primary N) is 1. The number of hydrogen-bond acceptors (Lipinski definition) is 2. The topological polar surface area (TPSA) is 72.2 Å². The van der Waals surface area contributed by atoms with Gasteiger partial charge in [-0.1, -0.05) is 0 Å². The van der Waals surface area contributed by atoms with E-state index in [0.29, 0.717) is 12.3 Å². The molecule has 0 saturated heterocycles. The SMILES string of the molecule is CC(=O)NC1CCC(CC(N)=O)C1. The number of hydrogen-bond donors (Lipinski definition) is 2. The van der Waals surface area contributed by atoms with E-state index < -0.39 is 0 Å². The smallest absolute Gasteiger partial charge is 0.217 e. The van der Waals surface area contributed by atoms with Crippen molar-refractivity contribution in [1.82, 2.24) is 5.32 Å². The highest BCUT2D eigenvalue weighted by molar-refractivity contribution is 5.74. The third kappa shape index (κ3) is 3.44. The maximum Gasteiger partial charge on any atom is 0.217 e. The highest BCUT2D eigenvalue weighted by Crippen LogP contribution is 2.27. The molecule has 1 rings (SSSR count). The maximum absolute atomic E-state index is 10.7. The van der Waals surface area contributed by atoms with Crippen LogP contribution in [0.1, 0.15) is 32.6 Å². The standard InChI is InChI=1S/C9H16N2O2/c1-6(12)11-8-3-2-7(4-8)5-9(10)13/h7-8H,2-5H2,1H3,(H2,10,13)(H,11,12). The van der Waals surface area contributed by atoms with E-state index in [1.165, 1.54) is 6.92 Å². The van der Waals surface area contributed by atoms with Crippen LogP contribution in [0.2, 0.25) is 0 Å². The normalized spacial score (nSPS) is 27.2. The van der Waals surface area contributed by atoms with Crippen LogP contribution in [0.3, 0.4) is 0 Å². The van der Waals surface area contributed by atoms with Crippen molar-refractivity contribution in [3.8, 4) is 0 Å². The average molecular weight is 184 g/mol. The van der Waals surface area contributed by atoms with Gasteiger partial charge in [0.1, 0.15) is 0 Å². The van der Waals surface area contributed by atoms with Gasteiger partial charge in [0.25, 0.3) is 0 Å². The van der Waals surface area contributed by atoms with Crippen molar-refractivity contribution < 1.29 is 9.59 Å². The van der Waals surface area contributed by atoms with Gasteiger partial charge in [-0.15, -0.1) is 0 Å². The van der Waals surface area contributed by atoms with Gasteiger partial charge in [0.2, 0.25) is 11.8 Å². The van der Waals surface area contributed by atoms with Crippen LogP contribution in [0.4, 0.5) is 0 Å². The van der Waals surface area contributed by atoms with Crippen LogP contribution in [-0.2, 0) is 9.59 Å². The monoisotopic (exact) mass is 184 g/mol. The second kappa shape index (κ2) is 4.25. The Hall–Kier alpha value is -1.06. The Morgan fingerprint density at radius 1 is 1.46 bits per heavy atom. The molecule has 0 aromatic rings. The summed E-state index contributed by atoms with van der Waals surface area (Å²) in [6.45, 7) is 1.52. The summed E-state index contributed by atoms with van der Waals surface area (Å²) in [6, 6.07) is 0.252. The first kappa shape index (κ1) is 10.0. The minimum atomic E-state index is -0.242. The fourth-order valence-electron chi connectivity index (χ4n) is 1.96. The molecule has 2 amide bonds. The molecule has 0 heterocycles. The second-order valence-corrected chi connectivity index (χ2v) is 3.75. The average Bonchev–Trinajstić information content (AvgIpc) is 2.33. The molecule has 2 unspecified atom stereocenters. The molecule has 3 N–H and O–H groups in total. The van der Waals surface area contributed by atoms with Gasteiger partial charge in [0.05, 0.1) is 0 Å². The zero-order chi connectivity index (χ0) is 9.84. The zero-order valence-corrected chi connectivity index (χ0v) is 7.88. The van der Waals surface area contributed by atoms with Crippen LogP contribution in [0.25, 0.3) is 0 Å². The molecule has 1 aliphatic carbocycles. The molecular formula is C9H16N2O2. The molecule has 1 aliphatic rings. The van der Waals surface area contributed by atoms with E-state index in [2.05, 4.69) is 5.32 Å². The minimum Gasteiger partial charge on any atom is -0.370 e. The zero-order valence-electron chi connectivity index (χ0n) is 7.88. The van der Waals surface area contributed by atoms with Crippen molar-refractivity contribution in [2.75, 3.05) is 0 Å². The third-order valence-electron chi connectivity index (χ3n) is 2.44. The van der Waals surface area contributed by atoms with Gasteiger partial charge in [-0.2, -0.15) is 0 Å². The largest absolute Gasteiger partial charge is 0.370 e. The number of carbonyl (C=O) groups is 2. The Balaban J connectivity index is 2.27. The van der Waals surface area contributed by atoms with Crippen molar-refractivity contribution in [1.29, 1.82) is 0 Å². The van der Waals surface area contributed by atoms with Crippen molar-refractivity contribution in [3.63, 3.8) is 0 Å². The molecule has 4 nitrogen and oxygen atoms in total. The van der Waals surface area contributed by atoms with E-state index in [1.54, 1.807) is 0 Å². The maximum atomic E-state index is 10.7. The van der Waals surface area contributed by atoms with Gasteiger partial charge in [0.15, 0.2) is 0 Å². The molecule has 4 heteroatoms. The van der Waals surface area contributed by atoms with Gasteiger partial charge in [-0.25, -0.2) is 0 Å². The van der Waals surface area contributed by atoms with E-state index >= 15 is 0 Å². The molecule has 74 valence electrons. The first-order chi connectivity index (χ1) is 6.08. The third-order valence-corrected chi connectivity index (χ3v) is 2.44. The number of amides is 2. The van der Waals surface area contributed by atoms with E-state index in [9.17, 15) is 9.59 Å². The number of rotatable bonds is 3. The summed E-state index contributed by atoms with van der Waals surface area (Å²) >= 11 is 0. The number of primary amides is 1. The van der Waals surface area contributed by atoms with Gasteiger partial charge >= 0.3 is 0 Å². The summed E-state index contributed by atoms with van der Waals surface area (Å²) in [6.07, 6.45) is 3.31. The van der Waals surface area contributed by atoms with E-state index in [4.69, 9.17) is 5.73 Å². The lowest BCUT2D eigenvalue weighted by Gasteiger charge is -2.10. The molecule has 1 saturated carbocycles. The highest BCUT2D eigenvalue weighted by Gasteiger charge is 2.25. The summed E-state index contributed by atoms with van der Waals surface area (Å²) in [5, 5.41) is 2.85. The molecule has 2 atom stereocenters. The van der Waals surface area contributed by atoms with Crippen LogP contribution < -0.4 is 11.1 Å². The highest BCUT2D eigenvalue weighted by atomic mass is 16.1. The summed E-state index contributed by atoms with van der Waals surface area (Å²) in [5.74, 6) is 0.132. The molecule has 0 spiro atoms. The first-order valence-electron chi connectivity index (χ1n) is 4.63. The minimum absolute atomic E-state index is 0.00438. The Labute approximate surface area is 77.9 Å². The second-order valence-electron chi connectivity index (χ2n) is 3.75. The van der Waals surface area contributed by atoms with Gasteiger partial charge < -0.3 is 11.1 Å². The van der Waals surface area contributed by atoms with Crippen molar-refractivity contribution >= 4 is 11.8 Å². The summed E-state index contributed by atoms with van der Waals surface area (Å²) in [4.78, 5) is 21.3. The van der Waals surface area contributed by atoms with Crippen LogP contribution >= 0.6 is 0 Å². The van der Waals surface area contributed by atoms with Crippen LogP contribution in [0.5, 0.6) is 0 Å². The molecule has 1 fully saturated rings. The summed E-state index contributed by atoms with van der Waals surface area (Å²) < 4.78 is 0. The van der Waals surface area contributed by atoms with Crippen LogP contribution in [0.15, 0.2) is 0 Å². The lowest BCUT2D eigenvalue weighted by atomic mass is 10.0. The molecule has 13 heavy (non-hydrogen) atoms. The fourth-order valence-corrected chi connectivity index (χ4v) is 1.96. The van der Waals surface area contributed by atoms with Crippen LogP contribution in [-0.4, -0.2) is 17.9 Å². The molecule has 0 aromatic carbocycles. The Kier molecular flexibility index (Phi) is 3.28. The summed E-state index contributed by atoms with van der Waals surface area (Å²) in [5.41, 5.74) is 5.09. The number of nitrogens with one attached hydrogen (secondary N) is 1. The molecule has 0 bridgehead atoms. The van der Waals surface area contributed by atoms with E-state index in [1.807, 2.05) is 0 Å². The van der Waals surface area contributed by atoms with Crippen molar-refractivity contribution in [2.24, 2.45) is 11.7 Å². The predicted molar refractivity (Wildman–Crippen MR) is 48.8 cm³/mol. The molecule has 0 aromatic heterocycles.